The SMILES string of the molecule is Cn1cc(-c2ccnc(N3CCn4c(cc5c4CC(C)(C)C5)C3=O)c2CO)cc(Br)c1=O. The summed E-state index contributed by atoms with van der Waals surface area (Å²) in [4.78, 5) is 31.7. The fraction of sp³-hybridized carbons (Fsp3) is 0.375. The average molecular weight is 497 g/mol. The van der Waals surface area contributed by atoms with E-state index < -0.39 is 0 Å². The minimum Gasteiger partial charge on any atom is -0.392 e. The van der Waals surface area contributed by atoms with Crippen LogP contribution in [0.15, 0.2) is 39.9 Å². The lowest BCUT2D eigenvalue weighted by Crippen LogP contribution is -2.41. The molecule has 1 N–H and O–H groups in total. The number of amides is 1. The molecule has 0 bridgehead atoms. The zero-order valence-electron chi connectivity index (χ0n) is 18.4. The van der Waals surface area contributed by atoms with Crippen LogP contribution in [-0.2, 0) is 33.0 Å². The molecule has 8 heteroatoms. The Balaban J connectivity index is 1.57. The van der Waals surface area contributed by atoms with E-state index in [1.54, 1.807) is 36.5 Å². The standard InChI is InChI=1S/C24H25BrN4O3/c1-24(2)10-14-9-19-23(32)29(7-6-28(19)20(14)11-24)21-17(13-30)16(4-5-26-21)15-8-18(25)22(31)27(3)12-15/h4-5,8-9,12,30H,6-7,10-11,13H2,1-3H3. The van der Waals surface area contributed by atoms with Crippen molar-refractivity contribution in [1.82, 2.24) is 14.1 Å². The molecule has 0 saturated carbocycles. The van der Waals surface area contributed by atoms with Crippen LogP contribution in [-0.4, -0.2) is 31.7 Å². The Labute approximate surface area is 194 Å². The fourth-order valence-corrected chi connectivity index (χ4v) is 5.60. The number of hydrogen-bond donors (Lipinski definition) is 1. The average Bonchev–Trinajstić information content (AvgIpc) is 3.23. The zero-order chi connectivity index (χ0) is 22.8. The summed E-state index contributed by atoms with van der Waals surface area (Å²) in [6, 6.07) is 5.57. The number of halogens is 1. The molecule has 0 unspecified atom stereocenters. The molecular weight excluding hydrogens is 472 g/mol. The molecule has 2 aliphatic rings. The first-order valence-electron chi connectivity index (χ1n) is 10.7. The molecule has 3 aromatic rings. The molecule has 0 saturated heterocycles. The highest BCUT2D eigenvalue weighted by atomic mass is 79.9. The normalized spacial score (nSPS) is 16.9. The van der Waals surface area contributed by atoms with E-state index in [0.29, 0.717) is 34.6 Å². The second-order valence-electron chi connectivity index (χ2n) is 9.44. The summed E-state index contributed by atoms with van der Waals surface area (Å²) in [5, 5.41) is 10.3. The van der Waals surface area contributed by atoms with Crippen molar-refractivity contribution in [1.29, 1.82) is 0 Å². The topological polar surface area (TPSA) is 80.4 Å². The van der Waals surface area contributed by atoms with E-state index in [0.717, 1.165) is 24.0 Å². The van der Waals surface area contributed by atoms with Gasteiger partial charge >= 0.3 is 0 Å². The molecule has 166 valence electrons. The van der Waals surface area contributed by atoms with Gasteiger partial charge in [-0.3, -0.25) is 14.5 Å². The van der Waals surface area contributed by atoms with Gasteiger partial charge in [0.15, 0.2) is 0 Å². The highest BCUT2D eigenvalue weighted by molar-refractivity contribution is 9.10. The number of aromatic nitrogens is 3. The van der Waals surface area contributed by atoms with Crippen LogP contribution in [0.2, 0.25) is 0 Å². The number of carbonyl (C=O) groups is 1. The van der Waals surface area contributed by atoms with Crippen LogP contribution in [0.4, 0.5) is 5.82 Å². The van der Waals surface area contributed by atoms with Crippen LogP contribution in [0.25, 0.3) is 11.1 Å². The Morgan fingerprint density at radius 1 is 1.19 bits per heavy atom. The third-order valence-electron chi connectivity index (χ3n) is 6.52. The van der Waals surface area contributed by atoms with Gasteiger partial charge in [-0.1, -0.05) is 13.8 Å². The van der Waals surface area contributed by atoms with Crippen molar-refractivity contribution in [3.05, 3.63) is 67.9 Å². The van der Waals surface area contributed by atoms with Gasteiger partial charge in [0.2, 0.25) is 0 Å². The van der Waals surface area contributed by atoms with E-state index in [-0.39, 0.29) is 23.5 Å². The molecule has 0 atom stereocenters. The summed E-state index contributed by atoms with van der Waals surface area (Å²) in [7, 11) is 1.68. The number of anilines is 1. The zero-order valence-corrected chi connectivity index (χ0v) is 19.9. The molecule has 1 aliphatic carbocycles. The smallest absolute Gasteiger partial charge is 0.276 e. The second kappa shape index (κ2) is 7.42. The second-order valence-corrected chi connectivity index (χ2v) is 10.3. The molecule has 0 spiro atoms. The third kappa shape index (κ3) is 3.24. The Kier molecular flexibility index (Phi) is 4.90. The lowest BCUT2D eigenvalue weighted by atomic mass is 9.90. The summed E-state index contributed by atoms with van der Waals surface area (Å²) >= 11 is 3.31. The molecule has 1 aliphatic heterocycles. The third-order valence-corrected chi connectivity index (χ3v) is 7.09. The summed E-state index contributed by atoms with van der Waals surface area (Å²) in [6.07, 6.45) is 5.33. The van der Waals surface area contributed by atoms with Gasteiger partial charge in [-0.05, 0) is 69.1 Å². The van der Waals surface area contributed by atoms with Crippen molar-refractivity contribution < 1.29 is 9.90 Å². The van der Waals surface area contributed by atoms with Crippen LogP contribution < -0.4 is 10.5 Å². The molecule has 0 fully saturated rings. The number of nitrogens with zero attached hydrogens (tertiary/aromatic N) is 4. The van der Waals surface area contributed by atoms with Crippen molar-refractivity contribution in [2.24, 2.45) is 12.5 Å². The number of hydrogen-bond acceptors (Lipinski definition) is 4. The number of aryl methyl sites for hydroxylation is 1. The molecule has 3 aromatic heterocycles. The number of fused-ring (bicyclic) bond motifs is 3. The van der Waals surface area contributed by atoms with E-state index in [1.807, 2.05) is 6.07 Å². The number of carbonyl (C=O) groups excluding carboxylic acids is 1. The molecule has 0 aromatic carbocycles. The van der Waals surface area contributed by atoms with Crippen molar-refractivity contribution >= 4 is 27.7 Å². The van der Waals surface area contributed by atoms with E-state index in [4.69, 9.17) is 0 Å². The molecule has 0 radical (unpaired) electrons. The minimum absolute atomic E-state index is 0.0931. The van der Waals surface area contributed by atoms with Crippen molar-refractivity contribution in [3.8, 4) is 11.1 Å². The van der Waals surface area contributed by atoms with Gasteiger partial charge in [0.1, 0.15) is 11.5 Å². The molecule has 32 heavy (non-hydrogen) atoms. The number of aliphatic hydroxyl groups is 1. The van der Waals surface area contributed by atoms with Crippen LogP contribution >= 0.6 is 15.9 Å². The first kappa shape index (κ1) is 21.2. The van der Waals surface area contributed by atoms with Crippen molar-refractivity contribution in [2.75, 3.05) is 11.4 Å². The highest BCUT2D eigenvalue weighted by Gasteiger charge is 2.37. The molecule has 7 nitrogen and oxygen atoms in total. The Morgan fingerprint density at radius 3 is 2.69 bits per heavy atom. The minimum atomic E-state index is -0.269. The number of pyridine rings is 2. The maximum Gasteiger partial charge on any atom is 0.276 e. The quantitative estimate of drug-likeness (QED) is 0.603. The van der Waals surface area contributed by atoms with E-state index in [2.05, 4.69) is 39.3 Å². The van der Waals surface area contributed by atoms with Gasteiger partial charge < -0.3 is 14.2 Å². The van der Waals surface area contributed by atoms with E-state index in [9.17, 15) is 14.7 Å². The van der Waals surface area contributed by atoms with Crippen LogP contribution in [0, 0.1) is 5.41 Å². The molecular formula is C24H25BrN4O3. The van der Waals surface area contributed by atoms with Gasteiger partial charge in [-0.25, -0.2) is 4.98 Å². The highest BCUT2D eigenvalue weighted by Crippen LogP contribution is 2.40. The fourth-order valence-electron chi connectivity index (χ4n) is 5.07. The first-order chi connectivity index (χ1) is 15.2. The summed E-state index contributed by atoms with van der Waals surface area (Å²) < 4.78 is 4.09. The van der Waals surface area contributed by atoms with Gasteiger partial charge in [0, 0.05) is 43.8 Å². The maximum atomic E-state index is 13.5. The largest absolute Gasteiger partial charge is 0.392 e. The predicted octanol–water partition coefficient (Wildman–Crippen LogP) is 3.29. The maximum absolute atomic E-state index is 13.5. The number of aliphatic hydroxyl groups excluding tert-OH is 1. The monoisotopic (exact) mass is 496 g/mol. The lowest BCUT2D eigenvalue weighted by Gasteiger charge is -2.31. The van der Waals surface area contributed by atoms with Gasteiger partial charge in [0.05, 0.1) is 11.1 Å². The molecule has 5 rings (SSSR count). The number of rotatable bonds is 3. The van der Waals surface area contributed by atoms with Gasteiger partial charge in [-0.15, -0.1) is 0 Å². The Morgan fingerprint density at radius 2 is 1.97 bits per heavy atom. The van der Waals surface area contributed by atoms with E-state index in [1.165, 1.54) is 15.8 Å². The van der Waals surface area contributed by atoms with Crippen LogP contribution in [0.5, 0.6) is 0 Å². The Hall–Kier alpha value is -2.71. The van der Waals surface area contributed by atoms with Gasteiger partial charge in [0.25, 0.3) is 11.5 Å². The van der Waals surface area contributed by atoms with Crippen molar-refractivity contribution in [2.45, 2.75) is 39.8 Å². The summed E-state index contributed by atoms with van der Waals surface area (Å²) in [6.45, 7) is 5.45. The van der Waals surface area contributed by atoms with Gasteiger partial charge in [-0.2, -0.15) is 0 Å². The molecule has 1 amide bonds. The summed E-state index contributed by atoms with van der Waals surface area (Å²) in [5.74, 6) is 0.373. The molecule has 4 heterocycles. The van der Waals surface area contributed by atoms with Crippen LogP contribution in [0.1, 0.15) is 41.2 Å². The van der Waals surface area contributed by atoms with E-state index >= 15 is 0 Å². The van der Waals surface area contributed by atoms with Crippen LogP contribution in [0.3, 0.4) is 0 Å². The first-order valence-corrected chi connectivity index (χ1v) is 11.5. The Bertz CT molecular complexity index is 1300. The lowest BCUT2D eigenvalue weighted by molar-refractivity contribution is 0.0962. The summed E-state index contributed by atoms with van der Waals surface area (Å²) in [5.41, 5.74) is 5.40. The predicted molar refractivity (Wildman–Crippen MR) is 126 cm³/mol. The van der Waals surface area contributed by atoms with Crippen molar-refractivity contribution in [3.63, 3.8) is 0 Å².